The van der Waals surface area contributed by atoms with Gasteiger partial charge in [-0.05, 0) is 24.3 Å². The van der Waals surface area contributed by atoms with Crippen LogP contribution in [0.2, 0.25) is 0 Å². The molecule has 0 bridgehead atoms. The average Bonchev–Trinajstić information content (AvgIpc) is 2.59. The number of hydrogen-bond donors (Lipinski definition) is 0. The third-order valence-corrected chi connectivity index (χ3v) is 3.65. The van der Waals surface area contributed by atoms with Crippen molar-refractivity contribution < 1.29 is 32.2 Å². The van der Waals surface area contributed by atoms with E-state index in [1.54, 1.807) is 12.1 Å². The molecule has 6 nitrogen and oxygen atoms in total. The van der Waals surface area contributed by atoms with Gasteiger partial charge in [0, 0.05) is 31.6 Å². The van der Waals surface area contributed by atoms with Gasteiger partial charge in [0.25, 0.3) is 0 Å². The minimum absolute atomic E-state index is 0.438. The molecule has 0 aromatic heterocycles. The Hall–Kier alpha value is -2.76. The zero-order valence-electron chi connectivity index (χ0n) is 13.1. The summed E-state index contributed by atoms with van der Waals surface area (Å²) in [6.45, 7) is 0.118. The van der Waals surface area contributed by atoms with E-state index in [0.717, 1.165) is 5.69 Å². The number of alkyl halides is 3. The van der Waals surface area contributed by atoms with Gasteiger partial charge in [-0.3, -0.25) is 0 Å². The maximum atomic E-state index is 12.0. The third kappa shape index (κ3) is 5.38. The van der Waals surface area contributed by atoms with Crippen molar-refractivity contribution in [2.75, 3.05) is 24.6 Å². The van der Waals surface area contributed by atoms with Gasteiger partial charge in [0.05, 0.1) is 11.6 Å². The van der Waals surface area contributed by atoms with Crippen LogP contribution < -0.4 is 4.90 Å². The van der Waals surface area contributed by atoms with Gasteiger partial charge in [0.2, 0.25) is 0 Å². The lowest BCUT2D eigenvalue weighted by molar-refractivity contribution is -0.202. The molecule has 134 valence electrons. The second kappa shape index (κ2) is 7.88. The molecule has 0 saturated carbocycles. The highest BCUT2D eigenvalue weighted by molar-refractivity contribution is 5.79. The molecule has 1 aliphatic rings. The molecule has 0 aliphatic carbocycles. The van der Waals surface area contributed by atoms with E-state index in [9.17, 15) is 22.8 Å². The van der Waals surface area contributed by atoms with Crippen LogP contribution in [0.3, 0.4) is 0 Å². The number of piperidine rings is 1. The number of carbonyl (C=O) groups is 2. The van der Waals surface area contributed by atoms with Crippen molar-refractivity contribution >= 4 is 17.6 Å². The molecule has 1 fully saturated rings. The van der Waals surface area contributed by atoms with E-state index in [-0.39, 0.29) is 0 Å². The third-order valence-electron chi connectivity index (χ3n) is 3.65. The number of benzene rings is 1. The van der Waals surface area contributed by atoms with E-state index in [1.807, 2.05) is 18.2 Å². The highest BCUT2D eigenvalue weighted by Crippen LogP contribution is 2.22. The van der Waals surface area contributed by atoms with Gasteiger partial charge in [-0.25, -0.2) is 9.59 Å². The summed E-state index contributed by atoms with van der Waals surface area (Å²) in [5.74, 6) is -3.42. The van der Waals surface area contributed by atoms with E-state index in [0.29, 0.717) is 31.5 Å². The monoisotopic (exact) mass is 356 g/mol. The van der Waals surface area contributed by atoms with Crippen LogP contribution in [0.25, 0.3) is 0 Å². The first kappa shape index (κ1) is 18.6. The molecule has 1 aromatic rings. The number of halogens is 3. The van der Waals surface area contributed by atoms with Crippen molar-refractivity contribution in [3.05, 3.63) is 29.8 Å². The molecular weight excluding hydrogens is 341 g/mol. The second-order valence-electron chi connectivity index (χ2n) is 5.41. The fourth-order valence-electron chi connectivity index (χ4n) is 2.40. The number of esters is 2. The summed E-state index contributed by atoms with van der Waals surface area (Å²) in [7, 11) is 0. The van der Waals surface area contributed by atoms with Crippen molar-refractivity contribution in [1.29, 1.82) is 5.26 Å². The molecule has 0 spiro atoms. The van der Waals surface area contributed by atoms with Crippen molar-refractivity contribution in [3.63, 3.8) is 0 Å². The largest absolute Gasteiger partial charge is 0.490 e. The van der Waals surface area contributed by atoms with E-state index in [2.05, 4.69) is 9.64 Å². The zero-order chi connectivity index (χ0) is 18.4. The van der Waals surface area contributed by atoms with Gasteiger partial charge in [-0.1, -0.05) is 0 Å². The zero-order valence-corrected chi connectivity index (χ0v) is 13.1. The Labute approximate surface area is 141 Å². The van der Waals surface area contributed by atoms with Gasteiger partial charge in [0.1, 0.15) is 6.10 Å². The molecule has 1 saturated heterocycles. The number of hydrogen-bond acceptors (Lipinski definition) is 6. The van der Waals surface area contributed by atoms with E-state index in [4.69, 9.17) is 10.00 Å². The summed E-state index contributed by atoms with van der Waals surface area (Å²) in [6, 6.07) is 9.08. The number of ether oxygens (including phenoxy) is 2. The predicted octanol–water partition coefficient (Wildman–Crippen LogP) is 2.18. The molecule has 9 heteroatoms. The summed E-state index contributed by atoms with van der Waals surface area (Å²) in [5, 5.41) is 8.77. The van der Waals surface area contributed by atoms with E-state index < -0.39 is 30.8 Å². The molecule has 0 unspecified atom stereocenters. The summed E-state index contributed by atoms with van der Waals surface area (Å²) < 4.78 is 44.7. The highest BCUT2D eigenvalue weighted by atomic mass is 19.4. The molecule has 0 radical (unpaired) electrons. The second-order valence-corrected chi connectivity index (χ2v) is 5.41. The van der Waals surface area contributed by atoms with Crippen molar-refractivity contribution in [2.24, 2.45) is 0 Å². The summed E-state index contributed by atoms with van der Waals surface area (Å²) >= 11 is 0. The van der Waals surface area contributed by atoms with Gasteiger partial charge >= 0.3 is 18.1 Å². The molecule has 0 amide bonds. The van der Waals surface area contributed by atoms with Crippen LogP contribution >= 0.6 is 0 Å². The fraction of sp³-hybridized carbons (Fsp3) is 0.438. The van der Waals surface area contributed by atoms with Crippen LogP contribution in [0, 0.1) is 11.3 Å². The first-order valence-electron chi connectivity index (χ1n) is 7.48. The Morgan fingerprint density at radius 1 is 1.20 bits per heavy atom. The van der Waals surface area contributed by atoms with Crippen LogP contribution in [-0.4, -0.2) is 43.9 Å². The highest BCUT2D eigenvalue weighted by Gasteiger charge is 2.41. The van der Waals surface area contributed by atoms with Crippen molar-refractivity contribution in [3.8, 4) is 6.07 Å². The first-order valence-corrected chi connectivity index (χ1v) is 7.48. The standard InChI is InChI=1S/C16H15F3N2O4/c17-16(18,19)15(23)24-10-14(22)25-13-5-7-21(8-6-13)12-3-1-11(9-20)2-4-12/h1-4,13H,5-8,10H2. The lowest BCUT2D eigenvalue weighted by Gasteiger charge is -2.33. The number of nitrogens with zero attached hydrogens (tertiary/aromatic N) is 2. The maximum absolute atomic E-state index is 12.0. The Kier molecular flexibility index (Phi) is 5.85. The topological polar surface area (TPSA) is 79.6 Å². The summed E-state index contributed by atoms with van der Waals surface area (Å²) in [5.41, 5.74) is 1.49. The lowest BCUT2D eigenvalue weighted by Crippen LogP contribution is -2.38. The molecule has 2 rings (SSSR count). The minimum atomic E-state index is -5.13. The van der Waals surface area contributed by atoms with E-state index in [1.165, 1.54) is 0 Å². The van der Waals surface area contributed by atoms with Crippen LogP contribution in [0.5, 0.6) is 0 Å². The Balaban J connectivity index is 1.75. The molecule has 1 aromatic carbocycles. The van der Waals surface area contributed by atoms with Crippen LogP contribution in [0.15, 0.2) is 24.3 Å². The quantitative estimate of drug-likeness (QED) is 0.770. The summed E-state index contributed by atoms with van der Waals surface area (Å²) in [4.78, 5) is 24.0. The molecule has 1 aliphatic heterocycles. The Morgan fingerprint density at radius 3 is 2.32 bits per heavy atom. The number of nitriles is 1. The first-order chi connectivity index (χ1) is 11.8. The smallest absolute Gasteiger partial charge is 0.460 e. The lowest BCUT2D eigenvalue weighted by atomic mass is 10.1. The van der Waals surface area contributed by atoms with Crippen molar-refractivity contribution in [1.82, 2.24) is 0 Å². The van der Waals surface area contributed by atoms with Gasteiger partial charge in [0.15, 0.2) is 6.61 Å². The molecule has 1 heterocycles. The maximum Gasteiger partial charge on any atom is 0.490 e. The predicted molar refractivity (Wildman–Crippen MR) is 79.5 cm³/mol. The summed E-state index contributed by atoms with van der Waals surface area (Å²) in [6.07, 6.45) is -4.57. The average molecular weight is 356 g/mol. The molecule has 0 N–H and O–H groups in total. The molecule has 25 heavy (non-hydrogen) atoms. The SMILES string of the molecule is N#Cc1ccc(N2CCC(OC(=O)COC(=O)C(F)(F)F)CC2)cc1. The van der Waals surface area contributed by atoms with Crippen LogP contribution in [-0.2, 0) is 19.1 Å². The van der Waals surface area contributed by atoms with E-state index >= 15 is 0 Å². The fourth-order valence-corrected chi connectivity index (χ4v) is 2.40. The van der Waals surface area contributed by atoms with Crippen molar-refractivity contribution in [2.45, 2.75) is 25.1 Å². The normalized spacial score (nSPS) is 15.4. The Morgan fingerprint density at radius 2 is 1.80 bits per heavy atom. The number of rotatable bonds is 4. The van der Waals surface area contributed by atoms with Crippen LogP contribution in [0.4, 0.5) is 18.9 Å². The number of anilines is 1. The minimum Gasteiger partial charge on any atom is -0.460 e. The number of carbonyl (C=O) groups excluding carboxylic acids is 2. The molecule has 0 atom stereocenters. The van der Waals surface area contributed by atoms with Gasteiger partial charge in [-0.2, -0.15) is 18.4 Å². The van der Waals surface area contributed by atoms with Gasteiger partial charge < -0.3 is 14.4 Å². The van der Waals surface area contributed by atoms with Gasteiger partial charge in [-0.15, -0.1) is 0 Å². The Bertz CT molecular complexity index is 659. The molecular formula is C16H15F3N2O4. The van der Waals surface area contributed by atoms with Crippen LogP contribution in [0.1, 0.15) is 18.4 Å².